The number of urea groups is 1. The maximum absolute atomic E-state index is 11.8. The number of carbonyl (C=O) groups is 2. The van der Waals surface area contributed by atoms with E-state index in [9.17, 15) is 14.7 Å². The van der Waals surface area contributed by atoms with E-state index in [0.717, 1.165) is 13.0 Å². The molecule has 0 radical (unpaired) electrons. The van der Waals surface area contributed by atoms with Crippen molar-refractivity contribution in [1.29, 1.82) is 0 Å². The Labute approximate surface area is 140 Å². The Morgan fingerprint density at radius 2 is 1.95 bits per heavy atom. The molecule has 0 atom stereocenters. The summed E-state index contributed by atoms with van der Waals surface area (Å²) in [6, 6.07) is 2.68. The van der Waals surface area contributed by atoms with Crippen LogP contribution in [-0.2, 0) is 0 Å². The zero-order valence-corrected chi connectivity index (χ0v) is 14.9. The van der Waals surface area contributed by atoms with E-state index in [0.29, 0.717) is 15.5 Å². The smallest absolute Gasteiger partial charge is 0.337 e. The number of benzene rings is 1. The van der Waals surface area contributed by atoms with Crippen molar-refractivity contribution in [3.63, 3.8) is 0 Å². The number of hydrogen-bond donors (Lipinski definition) is 3. The van der Waals surface area contributed by atoms with Crippen LogP contribution in [0.4, 0.5) is 10.5 Å². The number of halogens is 2. The molecule has 1 aromatic rings. The minimum atomic E-state index is -1.11. The third kappa shape index (κ3) is 6.03. The summed E-state index contributed by atoms with van der Waals surface area (Å²) < 4.78 is 1.11. The number of rotatable bonds is 6. The van der Waals surface area contributed by atoms with Gasteiger partial charge in [0.1, 0.15) is 0 Å². The summed E-state index contributed by atoms with van der Waals surface area (Å²) >= 11 is 6.47. The average molecular weight is 423 g/mol. The normalized spacial score (nSPS) is 10.5. The summed E-state index contributed by atoms with van der Waals surface area (Å²) in [6.07, 6.45) is 0.813. The number of anilines is 1. The van der Waals surface area contributed by atoms with Crippen LogP contribution in [0.2, 0.25) is 0 Å². The van der Waals surface area contributed by atoms with E-state index in [-0.39, 0.29) is 11.3 Å². The second-order valence-corrected chi connectivity index (χ2v) is 6.42. The lowest BCUT2D eigenvalue weighted by atomic mass is 10.2. The zero-order chi connectivity index (χ0) is 16.0. The third-order valence-electron chi connectivity index (χ3n) is 2.59. The van der Waals surface area contributed by atoms with Gasteiger partial charge in [-0.25, -0.2) is 9.59 Å². The molecule has 0 aliphatic heterocycles. The zero-order valence-electron chi connectivity index (χ0n) is 11.7. The van der Waals surface area contributed by atoms with Gasteiger partial charge in [-0.15, -0.1) is 0 Å². The number of carboxylic acids is 1. The molecule has 0 heterocycles. The number of amides is 2. The second kappa shape index (κ2) is 8.35. The molecule has 3 N–H and O–H groups in total. The molecule has 6 nitrogen and oxygen atoms in total. The maximum atomic E-state index is 11.8. The van der Waals surface area contributed by atoms with Gasteiger partial charge in [0, 0.05) is 15.5 Å². The Bertz CT molecular complexity index is 536. The first kappa shape index (κ1) is 17.9. The Hall–Kier alpha value is -1.12. The van der Waals surface area contributed by atoms with E-state index < -0.39 is 12.0 Å². The van der Waals surface area contributed by atoms with E-state index in [4.69, 9.17) is 0 Å². The Kier molecular flexibility index (Phi) is 7.13. The van der Waals surface area contributed by atoms with Crippen LogP contribution < -0.4 is 10.6 Å². The fourth-order valence-electron chi connectivity index (χ4n) is 1.62. The largest absolute Gasteiger partial charge is 0.478 e. The summed E-state index contributed by atoms with van der Waals surface area (Å²) in [7, 11) is 3.91. The lowest BCUT2D eigenvalue weighted by Crippen LogP contribution is -2.31. The van der Waals surface area contributed by atoms with E-state index in [1.807, 2.05) is 19.0 Å². The van der Waals surface area contributed by atoms with Crippen LogP contribution >= 0.6 is 31.9 Å². The van der Waals surface area contributed by atoms with E-state index in [1.54, 1.807) is 6.07 Å². The molecule has 0 aliphatic rings. The van der Waals surface area contributed by atoms with Crippen molar-refractivity contribution in [1.82, 2.24) is 10.2 Å². The number of aromatic carboxylic acids is 1. The van der Waals surface area contributed by atoms with Crippen molar-refractivity contribution >= 4 is 49.5 Å². The predicted octanol–water partition coefficient (Wildman–Crippen LogP) is 2.98. The molecule has 0 aromatic heterocycles. The third-order valence-corrected chi connectivity index (χ3v) is 3.67. The summed E-state index contributed by atoms with van der Waals surface area (Å²) in [6.45, 7) is 1.38. The predicted molar refractivity (Wildman–Crippen MR) is 89.0 cm³/mol. The van der Waals surface area contributed by atoms with Crippen LogP contribution in [0.3, 0.4) is 0 Å². The summed E-state index contributed by atoms with van der Waals surface area (Å²) in [5.74, 6) is -1.11. The first-order valence-corrected chi connectivity index (χ1v) is 7.81. The highest BCUT2D eigenvalue weighted by Gasteiger charge is 2.16. The quantitative estimate of drug-likeness (QED) is 0.615. The maximum Gasteiger partial charge on any atom is 0.337 e. The summed E-state index contributed by atoms with van der Waals surface area (Å²) in [5.41, 5.74) is 0.246. The van der Waals surface area contributed by atoms with E-state index in [2.05, 4.69) is 42.5 Å². The number of nitrogens with one attached hydrogen (secondary N) is 2. The van der Waals surface area contributed by atoms with Gasteiger partial charge in [-0.1, -0.05) is 15.9 Å². The van der Waals surface area contributed by atoms with Gasteiger partial charge in [0.2, 0.25) is 0 Å². The number of nitrogens with zero attached hydrogens (tertiary/aromatic N) is 1. The fraction of sp³-hybridized carbons (Fsp3) is 0.385. The molecule has 1 rings (SSSR count). The molecular weight excluding hydrogens is 406 g/mol. The highest BCUT2D eigenvalue weighted by Crippen LogP contribution is 2.30. The Balaban J connectivity index is 2.70. The van der Waals surface area contributed by atoms with Crippen LogP contribution in [-0.4, -0.2) is 49.2 Å². The molecular formula is C13H17Br2N3O3. The van der Waals surface area contributed by atoms with Gasteiger partial charge in [0.25, 0.3) is 0 Å². The van der Waals surface area contributed by atoms with Gasteiger partial charge < -0.3 is 20.6 Å². The minimum absolute atomic E-state index is 0.0136. The molecule has 0 fully saturated rings. The van der Waals surface area contributed by atoms with Gasteiger partial charge in [0.05, 0.1) is 11.3 Å². The van der Waals surface area contributed by atoms with Crippen LogP contribution in [0.25, 0.3) is 0 Å². The lowest BCUT2D eigenvalue weighted by molar-refractivity contribution is 0.0698. The molecule has 0 unspecified atom stereocenters. The highest BCUT2D eigenvalue weighted by atomic mass is 79.9. The Morgan fingerprint density at radius 1 is 1.29 bits per heavy atom. The monoisotopic (exact) mass is 421 g/mol. The number of carbonyl (C=O) groups excluding carboxylic acids is 1. The van der Waals surface area contributed by atoms with Crippen molar-refractivity contribution in [2.24, 2.45) is 0 Å². The Morgan fingerprint density at radius 3 is 2.52 bits per heavy atom. The van der Waals surface area contributed by atoms with Crippen molar-refractivity contribution in [3.05, 3.63) is 26.6 Å². The first-order valence-electron chi connectivity index (χ1n) is 6.23. The fourth-order valence-corrected chi connectivity index (χ4v) is 2.95. The SMILES string of the molecule is CN(C)CCCNC(=O)Nc1c(Br)cc(Br)cc1C(=O)O. The molecule has 0 aliphatic carbocycles. The molecule has 0 saturated carbocycles. The molecule has 0 saturated heterocycles. The van der Waals surface area contributed by atoms with Crippen molar-refractivity contribution in [3.8, 4) is 0 Å². The highest BCUT2D eigenvalue weighted by molar-refractivity contribution is 9.11. The van der Waals surface area contributed by atoms with Crippen LogP contribution in [0.1, 0.15) is 16.8 Å². The van der Waals surface area contributed by atoms with Crippen LogP contribution in [0, 0.1) is 0 Å². The van der Waals surface area contributed by atoms with E-state index >= 15 is 0 Å². The van der Waals surface area contributed by atoms with Crippen molar-refractivity contribution in [2.75, 3.05) is 32.5 Å². The number of hydrogen-bond acceptors (Lipinski definition) is 3. The molecule has 116 valence electrons. The molecule has 0 bridgehead atoms. The average Bonchev–Trinajstić information content (AvgIpc) is 2.37. The van der Waals surface area contributed by atoms with Gasteiger partial charge in [-0.3, -0.25) is 0 Å². The molecule has 21 heavy (non-hydrogen) atoms. The van der Waals surface area contributed by atoms with Crippen molar-refractivity contribution < 1.29 is 14.7 Å². The van der Waals surface area contributed by atoms with Gasteiger partial charge >= 0.3 is 12.0 Å². The molecule has 1 aromatic carbocycles. The van der Waals surface area contributed by atoms with Crippen LogP contribution in [0.15, 0.2) is 21.1 Å². The molecule has 2 amide bonds. The lowest BCUT2D eigenvalue weighted by Gasteiger charge is -2.13. The van der Waals surface area contributed by atoms with Gasteiger partial charge in [-0.2, -0.15) is 0 Å². The summed E-state index contributed by atoms with van der Waals surface area (Å²) in [5, 5.41) is 14.4. The van der Waals surface area contributed by atoms with E-state index in [1.165, 1.54) is 6.07 Å². The van der Waals surface area contributed by atoms with Gasteiger partial charge in [0.15, 0.2) is 0 Å². The first-order chi connectivity index (χ1) is 9.81. The van der Waals surface area contributed by atoms with Crippen molar-refractivity contribution in [2.45, 2.75) is 6.42 Å². The van der Waals surface area contributed by atoms with Gasteiger partial charge in [-0.05, 0) is 55.1 Å². The standard InChI is InChI=1S/C13H17Br2N3O3/c1-18(2)5-3-4-16-13(21)17-11-9(12(19)20)6-8(14)7-10(11)15/h6-7H,3-5H2,1-2H3,(H,19,20)(H2,16,17,21). The molecule has 0 spiro atoms. The topological polar surface area (TPSA) is 81.7 Å². The minimum Gasteiger partial charge on any atom is -0.478 e. The number of carboxylic acid groups (broad SMARTS) is 1. The second-order valence-electron chi connectivity index (χ2n) is 4.65. The summed E-state index contributed by atoms with van der Waals surface area (Å²) in [4.78, 5) is 25.1. The van der Waals surface area contributed by atoms with Crippen LogP contribution in [0.5, 0.6) is 0 Å². The molecule has 8 heteroatoms.